The minimum absolute atomic E-state index is 0.0627. The number of nitrogens with one attached hydrogen (secondary N) is 1. The average Bonchev–Trinajstić information content (AvgIpc) is 3.49. The first-order valence-corrected chi connectivity index (χ1v) is 9.40. The van der Waals surface area contributed by atoms with Gasteiger partial charge >= 0.3 is 12.1 Å². The summed E-state index contributed by atoms with van der Waals surface area (Å²) in [5, 5.41) is 13.5. The van der Waals surface area contributed by atoms with E-state index in [4.69, 9.17) is 9.47 Å². The second kappa shape index (κ2) is 8.52. The number of rotatable bonds is 8. The molecule has 0 spiro atoms. The summed E-state index contributed by atoms with van der Waals surface area (Å²) in [7, 11) is 1.29. The van der Waals surface area contributed by atoms with E-state index in [-0.39, 0.29) is 29.7 Å². The van der Waals surface area contributed by atoms with Crippen LogP contribution in [0.2, 0.25) is 0 Å². The second-order valence-electron chi connectivity index (χ2n) is 7.39. The Labute approximate surface area is 172 Å². The van der Waals surface area contributed by atoms with Gasteiger partial charge in [0.15, 0.2) is 0 Å². The van der Waals surface area contributed by atoms with Crippen LogP contribution >= 0.6 is 0 Å². The SMILES string of the molecule is COC(=O)/C=C/C1(C2NC(=O)C2C(C)OC(=O)OCc2ccc([N+](=O)[O-])cc2)CC1. The summed E-state index contributed by atoms with van der Waals surface area (Å²) < 4.78 is 14.9. The molecule has 160 valence electrons. The predicted molar refractivity (Wildman–Crippen MR) is 102 cm³/mol. The molecule has 0 aromatic heterocycles. The van der Waals surface area contributed by atoms with Crippen LogP contribution in [0.3, 0.4) is 0 Å². The van der Waals surface area contributed by atoms with Crippen molar-refractivity contribution < 1.29 is 33.5 Å². The molecule has 1 aliphatic carbocycles. The lowest BCUT2D eigenvalue weighted by Crippen LogP contribution is -2.65. The number of hydrogen-bond acceptors (Lipinski definition) is 8. The van der Waals surface area contributed by atoms with E-state index in [1.54, 1.807) is 13.0 Å². The lowest BCUT2D eigenvalue weighted by atomic mass is 9.76. The zero-order valence-electron chi connectivity index (χ0n) is 16.5. The number of esters is 1. The van der Waals surface area contributed by atoms with Gasteiger partial charge in [-0.2, -0.15) is 0 Å². The van der Waals surface area contributed by atoms with E-state index >= 15 is 0 Å². The van der Waals surface area contributed by atoms with Crippen LogP contribution in [0.25, 0.3) is 0 Å². The quantitative estimate of drug-likeness (QED) is 0.223. The van der Waals surface area contributed by atoms with E-state index in [1.165, 1.54) is 37.5 Å². The molecule has 10 heteroatoms. The second-order valence-corrected chi connectivity index (χ2v) is 7.39. The van der Waals surface area contributed by atoms with E-state index in [2.05, 4.69) is 10.1 Å². The van der Waals surface area contributed by atoms with Crippen molar-refractivity contribution in [3.63, 3.8) is 0 Å². The van der Waals surface area contributed by atoms with Gasteiger partial charge in [0.25, 0.3) is 5.69 Å². The topological polar surface area (TPSA) is 134 Å². The van der Waals surface area contributed by atoms with E-state index in [9.17, 15) is 24.5 Å². The fourth-order valence-electron chi connectivity index (χ4n) is 3.52. The van der Waals surface area contributed by atoms with Crippen LogP contribution < -0.4 is 5.32 Å². The Morgan fingerprint density at radius 2 is 2.00 bits per heavy atom. The Morgan fingerprint density at radius 3 is 2.53 bits per heavy atom. The molecule has 2 aliphatic rings. The number of carbonyl (C=O) groups is 3. The number of hydrogen-bond donors (Lipinski definition) is 1. The zero-order valence-corrected chi connectivity index (χ0v) is 16.5. The molecule has 2 fully saturated rings. The number of β-lactam (4-membered cyclic amide) rings is 1. The Balaban J connectivity index is 1.53. The standard InChI is InChI=1S/C20H22N2O8/c1-12(30-19(25)29-11-13-3-5-14(6-4-13)22(26)27)16-17(21-18(16)24)20(9-10-20)8-7-15(23)28-2/h3-8,12,16-17H,9-11H2,1-2H3,(H,21,24)/b8-7+. The highest BCUT2D eigenvalue weighted by molar-refractivity contribution is 5.88. The minimum Gasteiger partial charge on any atom is -0.466 e. The molecule has 1 saturated carbocycles. The van der Waals surface area contributed by atoms with E-state index in [1.807, 2.05) is 0 Å². The van der Waals surface area contributed by atoms with Crippen molar-refractivity contribution in [1.29, 1.82) is 0 Å². The van der Waals surface area contributed by atoms with Crippen molar-refractivity contribution in [3.8, 4) is 0 Å². The van der Waals surface area contributed by atoms with Crippen molar-refractivity contribution in [2.24, 2.45) is 11.3 Å². The highest BCUT2D eigenvalue weighted by atomic mass is 16.7. The van der Waals surface area contributed by atoms with E-state index in [0.717, 1.165) is 12.8 Å². The van der Waals surface area contributed by atoms with Crippen LogP contribution in [-0.4, -0.2) is 42.2 Å². The average molecular weight is 418 g/mol. The molecule has 1 N–H and O–H groups in total. The zero-order chi connectivity index (χ0) is 21.9. The van der Waals surface area contributed by atoms with Crippen LogP contribution in [-0.2, 0) is 30.4 Å². The summed E-state index contributed by atoms with van der Waals surface area (Å²) in [6.07, 6.45) is 3.04. The van der Waals surface area contributed by atoms with Gasteiger partial charge in [0.2, 0.25) is 5.91 Å². The molecule has 1 amide bonds. The lowest BCUT2D eigenvalue weighted by Gasteiger charge is -2.43. The predicted octanol–water partition coefficient (Wildman–Crippen LogP) is 2.26. The van der Waals surface area contributed by atoms with Crippen molar-refractivity contribution in [1.82, 2.24) is 5.32 Å². The van der Waals surface area contributed by atoms with Gasteiger partial charge in [0.1, 0.15) is 12.7 Å². The highest BCUT2D eigenvalue weighted by Gasteiger charge is 2.59. The number of nitrogens with zero attached hydrogens (tertiary/aromatic N) is 1. The summed E-state index contributed by atoms with van der Waals surface area (Å²) >= 11 is 0. The first-order valence-electron chi connectivity index (χ1n) is 9.40. The fourth-order valence-corrected chi connectivity index (χ4v) is 3.52. The van der Waals surface area contributed by atoms with Crippen LogP contribution in [0.15, 0.2) is 36.4 Å². The molecule has 3 unspecified atom stereocenters. The summed E-state index contributed by atoms with van der Waals surface area (Å²) in [5.74, 6) is -1.25. The minimum atomic E-state index is -0.936. The molecule has 30 heavy (non-hydrogen) atoms. The molecule has 1 heterocycles. The number of carbonyl (C=O) groups excluding carboxylic acids is 3. The van der Waals surface area contributed by atoms with Gasteiger partial charge in [-0.1, -0.05) is 6.08 Å². The van der Waals surface area contributed by atoms with E-state index < -0.39 is 29.1 Å². The van der Waals surface area contributed by atoms with Gasteiger partial charge in [-0.05, 0) is 37.5 Å². The molecule has 1 aliphatic heterocycles. The van der Waals surface area contributed by atoms with Gasteiger partial charge in [-0.3, -0.25) is 14.9 Å². The maximum atomic E-state index is 12.1. The van der Waals surface area contributed by atoms with Gasteiger partial charge in [-0.15, -0.1) is 0 Å². The van der Waals surface area contributed by atoms with Gasteiger partial charge in [0, 0.05) is 23.6 Å². The van der Waals surface area contributed by atoms with E-state index in [0.29, 0.717) is 5.56 Å². The molecule has 3 atom stereocenters. The van der Waals surface area contributed by atoms with Crippen LogP contribution in [0.1, 0.15) is 25.3 Å². The number of methoxy groups -OCH3 is 1. The summed E-state index contributed by atoms with van der Waals surface area (Å²) in [4.78, 5) is 45.6. The molecular formula is C20H22N2O8. The summed E-state index contributed by atoms with van der Waals surface area (Å²) in [6, 6.07) is 5.34. The molecular weight excluding hydrogens is 396 g/mol. The Hall–Kier alpha value is -3.43. The summed E-state index contributed by atoms with van der Waals surface area (Å²) in [5.41, 5.74) is 0.161. The third-order valence-electron chi connectivity index (χ3n) is 5.45. The largest absolute Gasteiger partial charge is 0.508 e. The molecule has 10 nitrogen and oxygen atoms in total. The maximum absolute atomic E-state index is 12.1. The molecule has 1 aromatic rings. The highest BCUT2D eigenvalue weighted by Crippen LogP contribution is 2.55. The monoisotopic (exact) mass is 418 g/mol. The number of nitro benzene ring substituents is 1. The smallest absolute Gasteiger partial charge is 0.466 e. The van der Waals surface area contributed by atoms with Crippen LogP contribution in [0.5, 0.6) is 0 Å². The third kappa shape index (κ3) is 4.58. The normalized spacial score (nSPS) is 22.4. The Morgan fingerprint density at radius 1 is 1.33 bits per heavy atom. The third-order valence-corrected chi connectivity index (χ3v) is 5.45. The van der Waals surface area contributed by atoms with Gasteiger partial charge in [-0.25, -0.2) is 9.59 Å². The summed E-state index contributed by atoms with van der Waals surface area (Å²) in [6.45, 7) is 1.50. The fraction of sp³-hybridized carbons (Fsp3) is 0.450. The van der Waals surface area contributed by atoms with Crippen molar-refractivity contribution >= 4 is 23.7 Å². The Bertz CT molecular complexity index is 875. The van der Waals surface area contributed by atoms with Gasteiger partial charge < -0.3 is 19.5 Å². The number of nitro groups is 1. The van der Waals surface area contributed by atoms with Crippen molar-refractivity contribution in [2.45, 2.75) is 38.5 Å². The number of amides is 1. The maximum Gasteiger partial charge on any atom is 0.508 e. The molecule has 0 radical (unpaired) electrons. The lowest BCUT2D eigenvalue weighted by molar-refractivity contribution is -0.384. The first-order chi connectivity index (χ1) is 14.3. The van der Waals surface area contributed by atoms with Crippen molar-refractivity contribution in [3.05, 3.63) is 52.1 Å². The molecule has 3 rings (SSSR count). The first kappa shape index (κ1) is 21.3. The number of non-ortho nitro benzene ring substituents is 1. The Kier molecular flexibility index (Phi) is 6.04. The van der Waals surface area contributed by atoms with Crippen molar-refractivity contribution in [2.75, 3.05) is 7.11 Å². The van der Waals surface area contributed by atoms with Gasteiger partial charge in [0.05, 0.1) is 24.0 Å². The van der Waals surface area contributed by atoms with Crippen LogP contribution in [0.4, 0.5) is 10.5 Å². The molecule has 0 bridgehead atoms. The molecule has 1 saturated heterocycles. The number of ether oxygens (including phenoxy) is 3. The van der Waals surface area contributed by atoms with Crippen LogP contribution in [0, 0.1) is 21.4 Å². The number of benzene rings is 1. The molecule has 1 aromatic carbocycles.